The predicted molar refractivity (Wildman–Crippen MR) is 90.4 cm³/mol. The van der Waals surface area contributed by atoms with Crippen LogP contribution in [0.2, 0.25) is 0 Å². The topological polar surface area (TPSA) is 46.6 Å². The summed E-state index contributed by atoms with van der Waals surface area (Å²) in [6.07, 6.45) is 1.22. The number of carbonyl (C=O) groups is 2. The van der Waals surface area contributed by atoms with Crippen molar-refractivity contribution < 1.29 is 14.3 Å². The van der Waals surface area contributed by atoms with E-state index in [9.17, 15) is 9.59 Å². The molecule has 4 nitrogen and oxygen atoms in total. The zero-order chi connectivity index (χ0) is 17.4. The van der Waals surface area contributed by atoms with E-state index in [0.29, 0.717) is 5.56 Å². The van der Waals surface area contributed by atoms with Crippen LogP contribution in [0.25, 0.3) is 0 Å². The minimum atomic E-state index is -0.653. The number of amides is 2. The van der Waals surface area contributed by atoms with Crippen molar-refractivity contribution in [3.05, 3.63) is 48.0 Å². The highest BCUT2D eigenvalue weighted by molar-refractivity contribution is 6.05. The fourth-order valence-electron chi connectivity index (χ4n) is 3.09. The molecule has 1 aromatic rings. The van der Waals surface area contributed by atoms with Crippen LogP contribution in [0.4, 0.5) is 4.79 Å². The molecule has 1 aliphatic rings. The molecule has 0 spiro atoms. The summed E-state index contributed by atoms with van der Waals surface area (Å²) in [6, 6.07) is 7.09. The lowest BCUT2D eigenvalue weighted by molar-refractivity contribution is 0.00888. The lowest BCUT2D eigenvalue weighted by Gasteiger charge is -2.42. The number of carbonyl (C=O) groups excluding carboxylic acids is 2. The summed E-state index contributed by atoms with van der Waals surface area (Å²) in [5.74, 6) is -0.314. The van der Waals surface area contributed by atoms with Crippen LogP contribution in [0.15, 0.2) is 36.9 Å². The Labute approximate surface area is 138 Å². The van der Waals surface area contributed by atoms with Gasteiger partial charge in [-0.15, -0.1) is 6.58 Å². The summed E-state index contributed by atoms with van der Waals surface area (Å²) in [5.41, 5.74) is 0.811. The Bertz CT molecular complexity index is 628. The molecule has 2 amide bonds. The molecular formula is C19H25NO3. The van der Waals surface area contributed by atoms with Crippen LogP contribution in [0, 0.1) is 5.92 Å². The summed E-state index contributed by atoms with van der Waals surface area (Å²) in [4.78, 5) is 26.8. The number of hydrogen-bond donors (Lipinski definition) is 0. The molecule has 0 fully saturated rings. The lowest BCUT2D eigenvalue weighted by Crippen LogP contribution is -2.54. The van der Waals surface area contributed by atoms with Gasteiger partial charge in [0.25, 0.3) is 5.91 Å². The van der Waals surface area contributed by atoms with Gasteiger partial charge >= 0.3 is 6.09 Å². The lowest BCUT2D eigenvalue weighted by atomic mass is 9.78. The van der Waals surface area contributed by atoms with Gasteiger partial charge in [-0.05, 0) is 38.3 Å². The SMILES string of the molecule is C=C[C@H]1c2ccccc2C(=O)N(C(=O)OC(C)(C)C)[C@H]1C(C)C. The molecule has 0 saturated heterocycles. The molecule has 23 heavy (non-hydrogen) atoms. The summed E-state index contributed by atoms with van der Waals surface area (Å²) >= 11 is 0. The first-order valence-electron chi connectivity index (χ1n) is 7.95. The van der Waals surface area contributed by atoms with Gasteiger partial charge in [-0.25, -0.2) is 9.69 Å². The van der Waals surface area contributed by atoms with E-state index in [1.807, 2.05) is 32.1 Å². The first-order valence-corrected chi connectivity index (χ1v) is 7.95. The van der Waals surface area contributed by atoms with Crippen LogP contribution in [-0.2, 0) is 4.74 Å². The van der Waals surface area contributed by atoms with Gasteiger partial charge in [-0.3, -0.25) is 4.79 Å². The van der Waals surface area contributed by atoms with Crippen molar-refractivity contribution in [3.8, 4) is 0 Å². The van der Waals surface area contributed by atoms with Crippen molar-refractivity contribution in [1.29, 1.82) is 0 Å². The van der Waals surface area contributed by atoms with Gasteiger partial charge in [0, 0.05) is 11.5 Å². The molecule has 2 rings (SSSR count). The maximum absolute atomic E-state index is 12.9. The van der Waals surface area contributed by atoms with Gasteiger partial charge in [0.05, 0.1) is 6.04 Å². The summed E-state index contributed by atoms with van der Waals surface area (Å²) in [5, 5.41) is 0. The number of fused-ring (bicyclic) bond motifs is 1. The second kappa shape index (κ2) is 6.19. The number of benzene rings is 1. The summed E-state index contributed by atoms with van der Waals surface area (Å²) in [6.45, 7) is 13.3. The van der Waals surface area contributed by atoms with Gasteiger partial charge in [0.2, 0.25) is 0 Å². The standard InChI is InChI=1S/C19H25NO3/c1-7-13-14-10-8-9-11-15(14)17(21)20(16(13)12(2)3)18(22)23-19(4,5)6/h7-13,16H,1H2,2-6H3/t13-,16-/m0/s1. The fourth-order valence-corrected chi connectivity index (χ4v) is 3.09. The van der Waals surface area contributed by atoms with Crippen molar-refractivity contribution >= 4 is 12.0 Å². The molecule has 1 heterocycles. The number of hydrogen-bond acceptors (Lipinski definition) is 3. The Hall–Kier alpha value is -2.10. The van der Waals surface area contributed by atoms with E-state index < -0.39 is 11.7 Å². The Balaban J connectivity index is 2.54. The van der Waals surface area contributed by atoms with E-state index in [0.717, 1.165) is 5.56 Å². The van der Waals surface area contributed by atoms with E-state index in [1.54, 1.807) is 32.9 Å². The predicted octanol–water partition coefficient (Wildman–Crippen LogP) is 4.37. The Morgan fingerprint density at radius 1 is 1.30 bits per heavy atom. The molecule has 4 heteroatoms. The van der Waals surface area contributed by atoms with Crippen molar-refractivity contribution in [2.45, 2.75) is 52.2 Å². The summed E-state index contributed by atoms with van der Waals surface area (Å²) in [7, 11) is 0. The third kappa shape index (κ3) is 3.31. The van der Waals surface area contributed by atoms with Crippen LogP contribution < -0.4 is 0 Å². The third-order valence-corrected chi connectivity index (χ3v) is 3.96. The van der Waals surface area contributed by atoms with E-state index in [-0.39, 0.29) is 23.8 Å². The molecule has 1 aromatic carbocycles. The Morgan fingerprint density at radius 2 is 1.91 bits per heavy atom. The molecule has 0 aliphatic carbocycles. The zero-order valence-electron chi connectivity index (χ0n) is 14.5. The highest BCUT2D eigenvalue weighted by Crippen LogP contribution is 2.38. The minimum absolute atomic E-state index is 0.0859. The van der Waals surface area contributed by atoms with Gasteiger partial charge < -0.3 is 4.74 Å². The molecule has 0 unspecified atom stereocenters. The van der Waals surface area contributed by atoms with Crippen LogP contribution >= 0.6 is 0 Å². The number of rotatable bonds is 2. The van der Waals surface area contributed by atoms with Crippen molar-refractivity contribution in [2.24, 2.45) is 5.92 Å². The molecule has 0 aromatic heterocycles. The quantitative estimate of drug-likeness (QED) is 0.761. The largest absolute Gasteiger partial charge is 0.443 e. The smallest absolute Gasteiger partial charge is 0.417 e. The first-order chi connectivity index (χ1) is 10.7. The monoisotopic (exact) mass is 315 g/mol. The maximum atomic E-state index is 12.9. The second-order valence-electron chi connectivity index (χ2n) is 7.24. The Morgan fingerprint density at radius 3 is 2.43 bits per heavy atom. The molecule has 0 saturated carbocycles. The Kier molecular flexibility index (Phi) is 4.64. The van der Waals surface area contributed by atoms with Crippen LogP contribution in [0.1, 0.15) is 56.5 Å². The zero-order valence-corrected chi connectivity index (χ0v) is 14.5. The molecule has 0 bridgehead atoms. The van der Waals surface area contributed by atoms with Crippen molar-refractivity contribution in [1.82, 2.24) is 4.90 Å². The van der Waals surface area contributed by atoms with Gasteiger partial charge in [-0.2, -0.15) is 0 Å². The average Bonchev–Trinajstić information content (AvgIpc) is 2.45. The van der Waals surface area contributed by atoms with Crippen LogP contribution in [0.3, 0.4) is 0 Å². The summed E-state index contributed by atoms with van der Waals surface area (Å²) < 4.78 is 5.47. The van der Waals surface area contributed by atoms with E-state index in [4.69, 9.17) is 4.74 Å². The molecule has 1 aliphatic heterocycles. The molecule has 124 valence electrons. The van der Waals surface area contributed by atoms with E-state index in [1.165, 1.54) is 4.90 Å². The van der Waals surface area contributed by atoms with E-state index >= 15 is 0 Å². The number of ether oxygens (including phenoxy) is 1. The van der Waals surface area contributed by atoms with Gasteiger partial charge in [0.1, 0.15) is 5.60 Å². The first kappa shape index (κ1) is 17.3. The average molecular weight is 315 g/mol. The molecule has 0 radical (unpaired) electrons. The molecule has 2 atom stereocenters. The van der Waals surface area contributed by atoms with Gasteiger partial charge in [-0.1, -0.05) is 38.1 Å². The van der Waals surface area contributed by atoms with E-state index in [2.05, 4.69) is 6.58 Å². The normalized spacial score (nSPS) is 21.1. The third-order valence-electron chi connectivity index (χ3n) is 3.96. The molecule has 0 N–H and O–H groups in total. The van der Waals surface area contributed by atoms with Crippen molar-refractivity contribution in [2.75, 3.05) is 0 Å². The van der Waals surface area contributed by atoms with Crippen LogP contribution in [0.5, 0.6) is 0 Å². The second-order valence-corrected chi connectivity index (χ2v) is 7.24. The van der Waals surface area contributed by atoms with Crippen LogP contribution in [-0.4, -0.2) is 28.5 Å². The van der Waals surface area contributed by atoms with Gasteiger partial charge in [0.15, 0.2) is 0 Å². The highest BCUT2D eigenvalue weighted by Gasteiger charge is 2.44. The number of nitrogens with zero attached hydrogens (tertiary/aromatic N) is 1. The fraction of sp³-hybridized carbons (Fsp3) is 0.474. The highest BCUT2D eigenvalue weighted by atomic mass is 16.6. The number of imide groups is 1. The maximum Gasteiger partial charge on any atom is 0.417 e. The minimum Gasteiger partial charge on any atom is -0.443 e. The van der Waals surface area contributed by atoms with Crippen molar-refractivity contribution in [3.63, 3.8) is 0 Å². The molecular weight excluding hydrogens is 290 g/mol.